The third-order valence-electron chi connectivity index (χ3n) is 2.60. The number of hydrogen-bond donors (Lipinski definition) is 2. The molecule has 1 heterocycles. The molecule has 0 unspecified atom stereocenters. The Kier molecular flexibility index (Phi) is 7.01. The van der Waals surface area contributed by atoms with Crippen molar-refractivity contribution in [2.75, 3.05) is 5.75 Å². The first-order valence-electron chi connectivity index (χ1n) is 7.27. The van der Waals surface area contributed by atoms with Crippen molar-refractivity contribution in [2.45, 2.75) is 30.8 Å². The first-order valence-corrected chi connectivity index (χ1v) is 9.07. The van der Waals surface area contributed by atoms with Crippen molar-refractivity contribution in [1.82, 2.24) is 20.8 Å². The van der Waals surface area contributed by atoms with Crippen LogP contribution in [0.25, 0.3) is 0 Å². The third-order valence-corrected chi connectivity index (χ3v) is 4.55. The lowest BCUT2D eigenvalue weighted by molar-refractivity contribution is -0.117. The van der Waals surface area contributed by atoms with Crippen molar-refractivity contribution in [2.24, 2.45) is 0 Å². The molecule has 24 heavy (non-hydrogen) atoms. The van der Waals surface area contributed by atoms with Gasteiger partial charge in [0.2, 0.25) is 5.91 Å². The van der Waals surface area contributed by atoms with Crippen LogP contribution in [0, 0.1) is 0 Å². The SMILES string of the molecule is CC(C)Oc1nnc(SCC(=O)NC(=O)NCc2ccccc2)s1. The number of rotatable bonds is 7. The number of nitrogens with zero attached hydrogens (tertiary/aromatic N) is 2. The molecule has 128 valence electrons. The Morgan fingerprint density at radius 2 is 2.00 bits per heavy atom. The summed E-state index contributed by atoms with van der Waals surface area (Å²) in [6, 6.07) is 8.93. The molecule has 0 fully saturated rings. The van der Waals surface area contributed by atoms with Crippen molar-refractivity contribution in [3.63, 3.8) is 0 Å². The van der Waals surface area contributed by atoms with E-state index in [4.69, 9.17) is 4.74 Å². The zero-order valence-corrected chi connectivity index (χ0v) is 14.9. The Hall–Kier alpha value is -2.13. The van der Waals surface area contributed by atoms with E-state index in [2.05, 4.69) is 20.8 Å². The molecule has 0 aliphatic rings. The minimum Gasteiger partial charge on any atom is -0.466 e. The van der Waals surface area contributed by atoms with E-state index in [9.17, 15) is 9.59 Å². The summed E-state index contributed by atoms with van der Waals surface area (Å²) in [4.78, 5) is 23.4. The summed E-state index contributed by atoms with van der Waals surface area (Å²) in [5.74, 6) is -0.318. The average Bonchev–Trinajstić information content (AvgIpc) is 2.99. The molecule has 0 aliphatic carbocycles. The van der Waals surface area contributed by atoms with E-state index < -0.39 is 11.9 Å². The van der Waals surface area contributed by atoms with E-state index >= 15 is 0 Å². The van der Waals surface area contributed by atoms with E-state index in [1.165, 1.54) is 23.1 Å². The predicted octanol–water partition coefficient (Wildman–Crippen LogP) is 2.44. The Morgan fingerprint density at radius 3 is 2.71 bits per heavy atom. The summed E-state index contributed by atoms with van der Waals surface area (Å²) in [5.41, 5.74) is 0.959. The molecule has 0 aliphatic heterocycles. The van der Waals surface area contributed by atoms with Gasteiger partial charge in [0.15, 0.2) is 4.34 Å². The molecule has 2 rings (SSSR count). The van der Waals surface area contributed by atoms with Crippen molar-refractivity contribution >= 4 is 35.0 Å². The minimum absolute atomic E-state index is 0.0207. The standard InChI is InChI=1S/C15H18N4O3S2/c1-10(2)22-14-18-19-15(24-14)23-9-12(20)17-13(21)16-8-11-6-4-3-5-7-11/h3-7,10H,8-9H2,1-2H3,(H2,16,17,20,21). The molecule has 0 saturated heterocycles. The van der Waals surface area contributed by atoms with Crippen LogP contribution in [-0.2, 0) is 11.3 Å². The Balaban J connectivity index is 1.69. The highest BCUT2D eigenvalue weighted by Gasteiger charge is 2.12. The van der Waals surface area contributed by atoms with Crippen molar-refractivity contribution in [3.05, 3.63) is 35.9 Å². The third kappa shape index (κ3) is 6.55. The van der Waals surface area contributed by atoms with Gasteiger partial charge in [-0.25, -0.2) is 4.79 Å². The van der Waals surface area contributed by atoms with Gasteiger partial charge in [-0.1, -0.05) is 47.2 Å². The van der Waals surface area contributed by atoms with Crippen LogP contribution in [0.4, 0.5) is 4.79 Å². The molecule has 0 saturated carbocycles. The molecule has 1 aromatic heterocycles. The number of amides is 3. The van der Waals surface area contributed by atoms with Crippen LogP contribution in [0.3, 0.4) is 0 Å². The van der Waals surface area contributed by atoms with Gasteiger partial charge in [-0.15, -0.1) is 5.10 Å². The highest BCUT2D eigenvalue weighted by atomic mass is 32.2. The van der Waals surface area contributed by atoms with Crippen molar-refractivity contribution in [3.8, 4) is 5.19 Å². The first-order chi connectivity index (χ1) is 11.5. The number of aromatic nitrogens is 2. The second-order valence-electron chi connectivity index (χ2n) is 5.01. The summed E-state index contributed by atoms with van der Waals surface area (Å²) in [6.45, 7) is 4.16. The maximum absolute atomic E-state index is 11.8. The molecule has 0 radical (unpaired) electrons. The Labute approximate surface area is 148 Å². The van der Waals surface area contributed by atoms with Gasteiger partial charge in [0.1, 0.15) is 0 Å². The highest BCUT2D eigenvalue weighted by Crippen LogP contribution is 2.27. The van der Waals surface area contributed by atoms with Crippen LogP contribution >= 0.6 is 23.1 Å². The second kappa shape index (κ2) is 9.24. The van der Waals surface area contributed by atoms with E-state index in [1.807, 2.05) is 44.2 Å². The van der Waals surface area contributed by atoms with Crippen LogP contribution in [0.5, 0.6) is 5.19 Å². The molecule has 2 aromatic rings. The van der Waals surface area contributed by atoms with Crippen molar-refractivity contribution < 1.29 is 14.3 Å². The van der Waals surface area contributed by atoms with Gasteiger partial charge in [-0.3, -0.25) is 10.1 Å². The number of thioether (sulfide) groups is 1. The summed E-state index contributed by atoms with van der Waals surface area (Å²) in [6.07, 6.45) is 0.0207. The number of benzene rings is 1. The quantitative estimate of drug-likeness (QED) is 0.731. The fraction of sp³-hybridized carbons (Fsp3) is 0.333. The van der Waals surface area contributed by atoms with Crippen LogP contribution in [0.2, 0.25) is 0 Å². The zero-order chi connectivity index (χ0) is 17.4. The lowest BCUT2D eigenvalue weighted by atomic mass is 10.2. The number of carbonyl (C=O) groups is 2. The number of hydrogen-bond acceptors (Lipinski definition) is 7. The van der Waals surface area contributed by atoms with Crippen LogP contribution in [0.1, 0.15) is 19.4 Å². The van der Waals surface area contributed by atoms with Gasteiger partial charge < -0.3 is 10.1 Å². The van der Waals surface area contributed by atoms with E-state index in [1.54, 1.807) is 0 Å². The lowest BCUT2D eigenvalue weighted by Crippen LogP contribution is -2.39. The molecule has 9 heteroatoms. The lowest BCUT2D eigenvalue weighted by Gasteiger charge is -2.06. The maximum Gasteiger partial charge on any atom is 0.321 e. The summed E-state index contributed by atoms with van der Waals surface area (Å²) in [7, 11) is 0. The van der Waals surface area contributed by atoms with Gasteiger partial charge in [0, 0.05) is 6.54 Å². The van der Waals surface area contributed by atoms with Gasteiger partial charge >= 0.3 is 6.03 Å². The Morgan fingerprint density at radius 1 is 1.25 bits per heavy atom. The first kappa shape index (κ1) is 18.2. The average molecular weight is 366 g/mol. The molecule has 1 aromatic carbocycles. The van der Waals surface area contributed by atoms with Crippen LogP contribution in [0.15, 0.2) is 34.7 Å². The maximum atomic E-state index is 11.8. The molecule has 3 amide bonds. The van der Waals surface area contributed by atoms with Crippen LogP contribution in [-0.4, -0.2) is 34.0 Å². The molecular formula is C15H18N4O3S2. The molecule has 7 nitrogen and oxygen atoms in total. The fourth-order valence-electron chi connectivity index (χ4n) is 1.62. The number of urea groups is 1. The Bertz CT molecular complexity index is 676. The van der Waals surface area contributed by atoms with Gasteiger partial charge in [0.05, 0.1) is 11.9 Å². The summed E-state index contributed by atoms with van der Waals surface area (Å²) in [5, 5.41) is 13.2. The number of imide groups is 1. The van der Waals surface area contributed by atoms with Gasteiger partial charge in [-0.2, -0.15) is 0 Å². The molecule has 0 spiro atoms. The normalized spacial score (nSPS) is 10.5. The smallest absolute Gasteiger partial charge is 0.321 e. The number of ether oxygens (including phenoxy) is 1. The highest BCUT2D eigenvalue weighted by molar-refractivity contribution is 8.01. The molecule has 2 N–H and O–H groups in total. The van der Waals surface area contributed by atoms with Crippen molar-refractivity contribution in [1.29, 1.82) is 0 Å². The fourth-order valence-corrected chi connectivity index (χ4v) is 3.22. The minimum atomic E-state index is -0.523. The second-order valence-corrected chi connectivity index (χ2v) is 7.17. The monoisotopic (exact) mass is 366 g/mol. The number of nitrogens with one attached hydrogen (secondary N) is 2. The van der Waals surface area contributed by atoms with E-state index in [0.29, 0.717) is 16.1 Å². The van der Waals surface area contributed by atoms with E-state index in [0.717, 1.165) is 5.56 Å². The number of carbonyl (C=O) groups excluding carboxylic acids is 2. The van der Waals surface area contributed by atoms with Gasteiger partial charge in [-0.05, 0) is 30.7 Å². The molecular weight excluding hydrogens is 348 g/mol. The topological polar surface area (TPSA) is 93.2 Å². The molecule has 0 bridgehead atoms. The van der Waals surface area contributed by atoms with E-state index in [-0.39, 0.29) is 11.9 Å². The summed E-state index contributed by atoms with van der Waals surface area (Å²) >= 11 is 2.47. The summed E-state index contributed by atoms with van der Waals surface area (Å²) < 4.78 is 6.02. The molecule has 0 atom stereocenters. The largest absolute Gasteiger partial charge is 0.466 e. The van der Waals surface area contributed by atoms with Gasteiger partial charge in [0.25, 0.3) is 5.19 Å². The van der Waals surface area contributed by atoms with Crippen LogP contribution < -0.4 is 15.4 Å². The predicted molar refractivity (Wildman–Crippen MR) is 93.2 cm³/mol. The zero-order valence-electron chi connectivity index (χ0n) is 13.3.